The third-order valence-corrected chi connectivity index (χ3v) is 4.54. The van der Waals surface area contributed by atoms with Crippen molar-refractivity contribution in [1.82, 2.24) is 9.80 Å². The van der Waals surface area contributed by atoms with Gasteiger partial charge < -0.3 is 10.5 Å². The Kier molecular flexibility index (Phi) is 6.57. The Hall–Kier alpha value is -0.160. The first-order valence-corrected chi connectivity index (χ1v) is 7.29. The number of likely N-dealkylation sites (tertiary alicyclic amines) is 1. The van der Waals surface area contributed by atoms with Gasteiger partial charge in [0.1, 0.15) is 0 Å². The van der Waals surface area contributed by atoms with E-state index in [2.05, 4.69) is 30.6 Å². The number of hydrogen-bond donors (Lipinski definition) is 1. The third kappa shape index (κ3) is 3.67. The second kappa shape index (κ2) is 7.43. The summed E-state index contributed by atoms with van der Waals surface area (Å²) in [5, 5.41) is 0. The molecule has 2 unspecified atom stereocenters. The highest BCUT2D eigenvalue weighted by atomic mass is 16.5. The van der Waals surface area contributed by atoms with Crippen molar-refractivity contribution in [2.75, 3.05) is 46.4 Å². The molecule has 4 heteroatoms. The zero-order chi connectivity index (χ0) is 13.6. The quantitative estimate of drug-likeness (QED) is 0.708. The van der Waals surface area contributed by atoms with Crippen LogP contribution < -0.4 is 5.73 Å². The summed E-state index contributed by atoms with van der Waals surface area (Å²) in [6, 6.07) is 0.702. The van der Waals surface area contributed by atoms with E-state index in [-0.39, 0.29) is 5.54 Å². The minimum absolute atomic E-state index is 0.0952. The molecule has 4 nitrogen and oxygen atoms in total. The first-order valence-electron chi connectivity index (χ1n) is 7.29. The summed E-state index contributed by atoms with van der Waals surface area (Å²) >= 11 is 0. The Balaban J connectivity index is 2.57. The number of likely N-dealkylation sites (N-methyl/N-ethyl adjacent to an activating group) is 1. The number of rotatable bonds is 8. The van der Waals surface area contributed by atoms with Crippen LogP contribution in [0, 0.1) is 0 Å². The molecule has 1 aliphatic rings. The van der Waals surface area contributed by atoms with E-state index in [1.807, 2.05) is 0 Å². The maximum absolute atomic E-state index is 6.00. The van der Waals surface area contributed by atoms with Crippen LogP contribution in [0.4, 0.5) is 0 Å². The summed E-state index contributed by atoms with van der Waals surface area (Å²) in [7, 11) is 1.76. The monoisotopic (exact) mass is 257 g/mol. The van der Waals surface area contributed by atoms with Crippen molar-refractivity contribution in [2.24, 2.45) is 5.73 Å². The standard InChI is InChI=1S/C14H31N3O/c1-5-16(6-2)13-7-9-17(11-13)14(3,12-15)8-10-18-4/h13H,5-12,15H2,1-4H3. The highest BCUT2D eigenvalue weighted by molar-refractivity contribution is 4.94. The first kappa shape index (κ1) is 15.9. The van der Waals surface area contributed by atoms with Gasteiger partial charge in [-0.3, -0.25) is 9.80 Å². The molecule has 2 atom stereocenters. The minimum Gasteiger partial charge on any atom is -0.385 e. The molecule has 1 rings (SSSR count). The number of ether oxygens (including phenoxy) is 1. The van der Waals surface area contributed by atoms with Gasteiger partial charge in [-0.15, -0.1) is 0 Å². The lowest BCUT2D eigenvalue weighted by atomic mass is 9.96. The summed E-state index contributed by atoms with van der Waals surface area (Å²) in [6.45, 7) is 12.9. The summed E-state index contributed by atoms with van der Waals surface area (Å²) < 4.78 is 5.22. The van der Waals surface area contributed by atoms with Gasteiger partial charge in [-0.05, 0) is 32.9 Å². The lowest BCUT2D eigenvalue weighted by molar-refractivity contribution is 0.0798. The molecule has 18 heavy (non-hydrogen) atoms. The van der Waals surface area contributed by atoms with Gasteiger partial charge in [0.25, 0.3) is 0 Å². The molecule has 0 aromatic rings. The maximum atomic E-state index is 6.00. The van der Waals surface area contributed by atoms with Crippen LogP contribution >= 0.6 is 0 Å². The Morgan fingerprint density at radius 2 is 2.06 bits per heavy atom. The topological polar surface area (TPSA) is 41.7 Å². The predicted octanol–water partition coefficient (Wildman–Crippen LogP) is 1.16. The Morgan fingerprint density at radius 1 is 1.39 bits per heavy atom. The van der Waals surface area contributed by atoms with E-state index in [0.29, 0.717) is 12.6 Å². The van der Waals surface area contributed by atoms with Gasteiger partial charge in [0.05, 0.1) is 0 Å². The van der Waals surface area contributed by atoms with E-state index >= 15 is 0 Å². The average molecular weight is 257 g/mol. The first-order chi connectivity index (χ1) is 8.61. The molecule has 108 valence electrons. The van der Waals surface area contributed by atoms with Crippen LogP contribution in [0.5, 0.6) is 0 Å². The molecule has 0 spiro atoms. The van der Waals surface area contributed by atoms with Crippen molar-refractivity contribution in [3.8, 4) is 0 Å². The Labute approximate surface area is 112 Å². The van der Waals surface area contributed by atoms with Crippen LogP contribution in [-0.4, -0.2) is 67.8 Å². The van der Waals surface area contributed by atoms with Crippen molar-refractivity contribution in [3.63, 3.8) is 0 Å². The molecule has 0 bridgehead atoms. The molecule has 0 amide bonds. The average Bonchev–Trinajstić information content (AvgIpc) is 2.87. The fourth-order valence-corrected chi connectivity index (χ4v) is 2.98. The lowest BCUT2D eigenvalue weighted by Gasteiger charge is -2.38. The molecular formula is C14H31N3O. The van der Waals surface area contributed by atoms with Crippen LogP contribution in [0.1, 0.15) is 33.6 Å². The fourth-order valence-electron chi connectivity index (χ4n) is 2.98. The van der Waals surface area contributed by atoms with Gasteiger partial charge in [0.2, 0.25) is 0 Å². The summed E-state index contributed by atoms with van der Waals surface area (Å²) in [5.41, 5.74) is 6.10. The normalized spacial score (nSPS) is 24.7. The maximum Gasteiger partial charge on any atom is 0.0480 e. The summed E-state index contributed by atoms with van der Waals surface area (Å²) in [6.07, 6.45) is 2.29. The molecule has 2 N–H and O–H groups in total. The molecule has 0 radical (unpaired) electrons. The fraction of sp³-hybridized carbons (Fsp3) is 1.00. The summed E-state index contributed by atoms with van der Waals surface area (Å²) in [4.78, 5) is 5.13. The molecule has 1 fully saturated rings. The molecule has 0 aromatic heterocycles. The number of nitrogens with two attached hydrogens (primary N) is 1. The largest absolute Gasteiger partial charge is 0.385 e. The third-order valence-electron chi connectivity index (χ3n) is 4.54. The smallest absolute Gasteiger partial charge is 0.0480 e. The van der Waals surface area contributed by atoms with E-state index in [4.69, 9.17) is 10.5 Å². The molecule has 0 saturated carbocycles. The van der Waals surface area contributed by atoms with Crippen LogP contribution in [0.25, 0.3) is 0 Å². The predicted molar refractivity (Wildman–Crippen MR) is 76.9 cm³/mol. The van der Waals surface area contributed by atoms with Gasteiger partial charge >= 0.3 is 0 Å². The van der Waals surface area contributed by atoms with Crippen LogP contribution in [0.3, 0.4) is 0 Å². The SMILES string of the molecule is CCN(CC)C1CCN(C(C)(CN)CCOC)C1. The van der Waals surface area contributed by atoms with Crippen LogP contribution in [-0.2, 0) is 4.74 Å². The number of methoxy groups -OCH3 is 1. The van der Waals surface area contributed by atoms with Crippen LogP contribution in [0.15, 0.2) is 0 Å². The Bertz CT molecular complexity index is 233. The van der Waals surface area contributed by atoms with E-state index in [1.54, 1.807) is 7.11 Å². The highest BCUT2D eigenvalue weighted by Crippen LogP contribution is 2.26. The van der Waals surface area contributed by atoms with Crippen molar-refractivity contribution >= 4 is 0 Å². The molecule has 1 saturated heterocycles. The van der Waals surface area contributed by atoms with Crippen molar-refractivity contribution < 1.29 is 4.74 Å². The molecule has 0 aliphatic carbocycles. The van der Waals surface area contributed by atoms with Crippen LogP contribution in [0.2, 0.25) is 0 Å². The van der Waals surface area contributed by atoms with Gasteiger partial charge in [0, 0.05) is 44.9 Å². The second-order valence-corrected chi connectivity index (χ2v) is 5.55. The van der Waals surface area contributed by atoms with Gasteiger partial charge in [-0.1, -0.05) is 13.8 Å². The lowest BCUT2D eigenvalue weighted by Crippen LogP contribution is -2.52. The van der Waals surface area contributed by atoms with E-state index in [9.17, 15) is 0 Å². The van der Waals surface area contributed by atoms with Crippen molar-refractivity contribution in [2.45, 2.75) is 45.2 Å². The number of nitrogens with zero attached hydrogens (tertiary/aromatic N) is 2. The van der Waals surface area contributed by atoms with E-state index < -0.39 is 0 Å². The summed E-state index contributed by atoms with van der Waals surface area (Å²) in [5.74, 6) is 0. The second-order valence-electron chi connectivity index (χ2n) is 5.55. The van der Waals surface area contributed by atoms with Gasteiger partial charge in [0.15, 0.2) is 0 Å². The molecule has 1 aliphatic heterocycles. The van der Waals surface area contributed by atoms with E-state index in [1.165, 1.54) is 13.0 Å². The van der Waals surface area contributed by atoms with Gasteiger partial charge in [-0.2, -0.15) is 0 Å². The number of hydrogen-bond acceptors (Lipinski definition) is 4. The molecule has 1 heterocycles. The van der Waals surface area contributed by atoms with Gasteiger partial charge in [-0.25, -0.2) is 0 Å². The minimum atomic E-state index is 0.0952. The molecule has 0 aromatic carbocycles. The van der Waals surface area contributed by atoms with E-state index in [0.717, 1.165) is 32.7 Å². The zero-order valence-corrected chi connectivity index (χ0v) is 12.6. The highest BCUT2D eigenvalue weighted by Gasteiger charge is 2.36. The zero-order valence-electron chi connectivity index (χ0n) is 12.6. The molecular weight excluding hydrogens is 226 g/mol. The van der Waals surface area contributed by atoms with Crippen molar-refractivity contribution in [3.05, 3.63) is 0 Å². The Morgan fingerprint density at radius 3 is 2.56 bits per heavy atom. The van der Waals surface area contributed by atoms with Crippen molar-refractivity contribution in [1.29, 1.82) is 0 Å².